The zero-order valence-corrected chi connectivity index (χ0v) is 10.8. The molecule has 0 fully saturated rings. The molecule has 0 atom stereocenters. The van der Waals surface area contributed by atoms with Crippen molar-refractivity contribution in [2.24, 2.45) is 0 Å². The van der Waals surface area contributed by atoms with E-state index in [1.54, 1.807) is 12.1 Å². The molecule has 0 unspecified atom stereocenters. The highest BCUT2D eigenvalue weighted by Crippen LogP contribution is 2.24. The van der Waals surface area contributed by atoms with E-state index < -0.39 is 0 Å². The molecule has 1 aromatic carbocycles. The summed E-state index contributed by atoms with van der Waals surface area (Å²) in [5.41, 5.74) is 0.327. The van der Waals surface area contributed by atoms with Crippen LogP contribution in [0.1, 0.15) is 30.1 Å². The summed E-state index contributed by atoms with van der Waals surface area (Å²) in [6.07, 6.45) is 2.01. The van der Waals surface area contributed by atoms with E-state index in [-0.39, 0.29) is 11.5 Å². The normalized spacial score (nSPS) is 10.1. The van der Waals surface area contributed by atoms with Gasteiger partial charge in [0, 0.05) is 11.4 Å². The number of hydrogen-bond donors (Lipinski definition) is 1. The van der Waals surface area contributed by atoms with Gasteiger partial charge >= 0.3 is 0 Å². The molecule has 0 radical (unpaired) electrons. The zero-order valence-electron chi connectivity index (χ0n) is 9.20. The Bertz CT molecular complexity index is 363. The van der Waals surface area contributed by atoms with Gasteiger partial charge in [-0.1, -0.05) is 15.9 Å². The first-order valence-corrected chi connectivity index (χ1v) is 6.30. The smallest absolute Gasteiger partial charge is 0.163 e. The second kappa shape index (κ2) is 6.53. The maximum absolute atomic E-state index is 11.1. The number of ketones is 1. The van der Waals surface area contributed by atoms with E-state index in [1.807, 2.05) is 0 Å². The maximum atomic E-state index is 11.1. The van der Waals surface area contributed by atoms with Gasteiger partial charge < -0.3 is 9.84 Å². The zero-order chi connectivity index (χ0) is 12.0. The predicted molar refractivity (Wildman–Crippen MR) is 66.6 cm³/mol. The van der Waals surface area contributed by atoms with E-state index in [0.29, 0.717) is 17.9 Å². The van der Waals surface area contributed by atoms with Gasteiger partial charge in [0.15, 0.2) is 5.78 Å². The SMILES string of the molecule is CC(=O)c1ccc(OCCCCBr)cc1O. The lowest BCUT2D eigenvalue weighted by molar-refractivity contribution is 0.101. The molecule has 0 aliphatic rings. The first kappa shape index (κ1) is 13.0. The number of benzene rings is 1. The monoisotopic (exact) mass is 286 g/mol. The van der Waals surface area contributed by atoms with Gasteiger partial charge in [0.25, 0.3) is 0 Å². The second-order valence-electron chi connectivity index (χ2n) is 3.48. The van der Waals surface area contributed by atoms with Gasteiger partial charge in [0.2, 0.25) is 0 Å². The molecule has 0 bridgehead atoms. The molecular weight excluding hydrogens is 272 g/mol. The third kappa shape index (κ3) is 3.85. The fraction of sp³-hybridized carbons (Fsp3) is 0.417. The molecule has 3 nitrogen and oxygen atoms in total. The number of phenols is 1. The number of Topliss-reactive ketones (excluding diaryl/α,β-unsaturated/α-hetero) is 1. The number of phenolic OH excluding ortho intramolecular Hbond substituents is 1. The highest BCUT2D eigenvalue weighted by Gasteiger charge is 2.07. The summed E-state index contributed by atoms with van der Waals surface area (Å²) in [5.74, 6) is 0.422. The van der Waals surface area contributed by atoms with Crippen molar-refractivity contribution in [1.82, 2.24) is 0 Å². The van der Waals surface area contributed by atoms with Crippen LogP contribution in [0.2, 0.25) is 0 Å². The Labute approximate surface area is 104 Å². The van der Waals surface area contributed by atoms with E-state index in [0.717, 1.165) is 18.2 Å². The van der Waals surface area contributed by atoms with Crippen molar-refractivity contribution in [3.05, 3.63) is 23.8 Å². The number of rotatable bonds is 6. The summed E-state index contributed by atoms with van der Waals surface area (Å²) in [6.45, 7) is 2.04. The van der Waals surface area contributed by atoms with E-state index in [1.165, 1.54) is 13.0 Å². The summed E-state index contributed by atoms with van der Waals surface area (Å²) in [4.78, 5) is 11.1. The minimum atomic E-state index is -0.150. The van der Waals surface area contributed by atoms with E-state index in [2.05, 4.69) is 15.9 Å². The summed E-state index contributed by atoms with van der Waals surface area (Å²) in [6, 6.07) is 4.76. The average molecular weight is 287 g/mol. The van der Waals surface area contributed by atoms with Crippen molar-refractivity contribution in [1.29, 1.82) is 0 Å². The van der Waals surface area contributed by atoms with Crippen LogP contribution in [0.4, 0.5) is 0 Å². The molecule has 0 aliphatic heterocycles. The van der Waals surface area contributed by atoms with Crippen LogP contribution in [0.15, 0.2) is 18.2 Å². The molecule has 4 heteroatoms. The molecule has 0 saturated carbocycles. The number of ether oxygens (including phenoxy) is 1. The summed E-state index contributed by atoms with van der Waals surface area (Å²) in [7, 11) is 0. The fourth-order valence-corrected chi connectivity index (χ4v) is 1.68. The number of alkyl halides is 1. The molecule has 0 aliphatic carbocycles. The Morgan fingerprint density at radius 3 is 2.75 bits per heavy atom. The lowest BCUT2D eigenvalue weighted by Gasteiger charge is -2.07. The minimum Gasteiger partial charge on any atom is -0.507 e. The minimum absolute atomic E-state index is 0.0227. The summed E-state index contributed by atoms with van der Waals surface area (Å²) in [5, 5.41) is 10.5. The van der Waals surface area contributed by atoms with Crippen LogP contribution in [0.5, 0.6) is 11.5 Å². The Kier molecular flexibility index (Phi) is 5.32. The van der Waals surface area contributed by atoms with Crippen molar-refractivity contribution in [3.63, 3.8) is 0 Å². The lowest BCUT2D eigenvalue weighted by Crippen LogP contribution is -1.99. The van der Waals surface area contributed by atoms with Gasteiger partial charge in [-0.05, 0) is 31.9 Å². The van der Waals surface area contributed by atoms with Crippen LogP contribution in [-0.4, -0.2) is 22.8 Å². The molecule has 1 N–H and O–H groups in total. The van der Waals surface area contributed by atoms with Crippen LogP contribution < -0.4 is 4.74 Å². The standard InChI is InChI=1S/C12H15BrO3/c1-9(14)11-5-4-10(8-12(11)15)16-7-3-2-6-13/h4-5,8,15H,2-3,6-7H2,1H3. The van der Waals surface area contributed by atoms with Gasteiger partial charge in [-0.3, -0.25) is 4.79 Å². The van der Waals surface area contributed by atoms with Gasteiger partial charge in [0.05, 0.1) is 12.2 Å². The fourth-order valence-electron chi connectivity index (χ4n) is 1.29. The third-order valence-corrected chi connectivity index (χ3v) is 2.71. The molecule has 0 saturated heterocycles. The number of halogens is 1. The Hall–Kier alpha value is -1.03. The van der Waals surface area contributed by atoms with Crippen molar-refractivity contribution in [3.8, 4) is 11.5 Å². The van der Waals surface area contributed by atoms with E-state index in [9.17, 15) is 9.90 Å². The molecule has 0 spiro atoms. The maximum Gasteiger partial charge on any atom is 0.163 e. The van der Waals surface area contributed by atoms with E-state index in [4.69, 9.17) is 4.74 Å². The van der Waals surface area contributed by atoms with Crippen molar-refractivity contribution < 1.29 is 14.6 Å². The van der Waals surface area contributed by atoms with E-state index >= 15 is 0 Å². The van der Waals surface area contributed by atoms with Crippen LogP contribution >= 0.6 is 15.9 Å². The molecular formula is C12H15BrO3. The molecule has 0 heterocycles. The van der Waals surface area contributed by atoms with Crippen molar-refractivity contribution >= 4 is 21.7 Å². The quantitative estimate of drug-likeness (QED) is 0.496. The average Bonchev–Trinajstić information content (AvgIpc) is 2.24. The molecule has 0 aromatic heterocycles. The number of carbonyl (C=O) groups excluding carboxylic acids is 1. The Morgan fingerprint density at radius 2 is 2.19 bits per heavy atom. The number of unbranched alkanes of at least 4 members (excludes halogenated alkanes) is 1. The topological polar surface area (TPSA) is 46.5 Å². The van der Waals surface area contributed by atoms with Crippen LogP contribution in [0, 0.1) is 0 Å². The predicted octanol–water partition coefficient (Wildman–Crippen LogP) is 3.15. The molecule has 1 rings (SSSR count). The van der Waals surface area contributed by atoms with Crippen LogP contribution in [0.3, 0.4) is 0 Å². The van der Waals surface area contributed by atoms with Crippen LogP contribution in [-0.2, 0) is 0 Å². The van der Waals surface area contributed by atoms with Crippen molar-refractivity contribution in [2.45, 2.75) is 19.8 Å². The number of aromatic hydroxyl groups is 1. The molecule has 16 heavy (non-hydrogen) atoms. The van der Waals surface area contributed by atoms with Crippen molar-refractivity contribution in [2.75, 3.05) is 11.9 Å². The third-order valence-electron chi connectivity index (χ3n) is 2.15. The largest absolute Gasteiger partial charge is 0.507 e. The Balaban J connectivity index is 2.56. The molecule has 88 valence electrons. The summed E-state index contributed by atoms with van der Waals surface area (Å²) >= 11 is 3.34. The summed E-state index contributed by atoms with van der Waals surface area (Å²) < 4.78 is 5.43. The first-order valence-electron chi connectivity index (χ1n) is 5.18. The lowest BCUT2D eigenvalue weighted by atomic mass is 10.1. The van der Waals surface area contributed by atoms with Gasteiger partial charge in [0.1, 0.15) is 11.5 Å². The van der Waals surface area contributed by atoms with Crippen LogP contribution in [0.25, 0.3) is 0 Å². The number of carbonyl (C=O) groups is 1. The van der Waals surface area contributed by atoms with Gasteiger partial charge in [-0.2, -0.15) is 0 Å². The van der Waals surface area contributed by atoms with Gasteiger partial charge in [-0.25, -0.2) is 0 Å². The Morgan fingerprint density at radius 1 is 1.44 bits per heavy atom. The van der Waals surface area contributed by atoms with Gasteiger partial charge in [-0.15, -0.1) is 0 Å². The highest BCUT2D eigenvalue weighted by molar-refractivity contribution is 9.09. The second-order valence-corrected chi connectivity index (χ2v) is 4.27. The highest BCUT2D eigenvalue weighted by atomic mass is 79.9. The first-order chi connectivity index (χ1) is 7.65. The molecule has 0 amide bonds. The molecule has 1 aromatic rings. The number of hydrogen-bond acceptors (Lipinski definition) is 3.